The fraction of sp³-hybridized carbons (Fsp3) is 0.333. The van der Waals surface area contributed by atoms with E-state index in [2.05, 4.69) is 0 Å². The Morgan fingerprint density at radius 3 is 1.14 bits per heavy atom. The Kier molecular flexibility index (Phi) is 5.76. The van der Waals surface area contributed by atoms with Gasteiger partial charge < -0.3 is 0 Å². The fourth-order valence-electron chi connectivity index (χ4n) is 1.53. The maximum Gasteiger partial charge on any atom is 0.448 e. The van der Waals surface area contributed by atoms with Gasteiger partial charge in [0.05, 0.1) is 0 Å². The third kappa shape index (κ3) is 3.49. The van der Waals surface area contributed by atoms with Crippen LogP contribution in [0.4, 0.5) is 52.7 Å². The van der Waals surface area contributed by atoms with Gasteiger partial charge in [0.2, 0.25) is 5.82 Å². The first-order valence-electron chi connectivity index (χ1n) is 5.75. The quantitative estimate of drug-likeness (QED) is 0.410. The van der Waals surface area contributed by atoms with E-state index in [9.17, 15) is 69.5 Å². The van der Waals surface area contributed by atoms with Gasteiger partial charge in [-0.2, -0.15) is 26.3 Å². The predicted molar refractivity (Wildman–Crippen MR) is 61.4 cm³/mol. The van der Waals surface area contributed by atoms with Crippen LogP contribution in [-0.4, -0.2) is 34.2 Å². The van der Waals surface area contributed by atoms with Crippen LogP contribution in [0.5, 0.6) is 0 Å². The van der Waals surface area contributed by atoms with Gasteiger partial charge in [0.25, 0.3) is 20.0 Å². The molecule has 1 N–H and O–H groups in total. The average molecular weight is 479 g/mol. The molecule has 0 saturated heterocycles. The summed E-state index contributed by atoms with van der Waals surface area (Å²) in [4.78, 5) is -3.17. The molecule has 0 fully saturated rings. The molecule has 162 valence electrons. The van der Waals surface area contributed by atoms with Gasteiger partial charge in [0, 0.05) is 0 Å². The predicted octanol–water partition coefficient (Wildman–Crippen LogP) is 2.78. The molecule has 19 heteroatoms. The third-order valence-electron chi connectivity index (χ3n) is 2.76. The minimum Gasteiger partial charge on any atom is -0.207 e. The van der Waals surface area contributed by atoms with Crippen molar-refractivity contribution in [2.24, 2.45) is 0 Å². The van der Waals surface area contributed by atoms with E-state index in [0.29, 0.717) is 0 Å². The molecule has 1 aromatic carbocycles. The second kappa shape index (κ2) is 6.65. The van der Waals surface area contributed by atoms with Crippen LogP contribution in [0.25, 0.3) is 0 Å². The van der Waals surface area contributed by atoms with Gasteiger partial charge in [0.15, 0.2) is 28.2 Å². The van der Waals surface area contributed by atoms with Crippen molar-refractivity contribution in [3.63, 3.8) is 0 Å². The van der Waals surface area contributed by atoms with Gasteiger partial charge in [-0.25, -0.2) is 43.2 Å². The molecule has 0 unspecified atom stereocenters. The number of halogens is 12. The zero-order chi connectivity index (χ0) is 22.7. The number of benzene rings is 1. The lowest BCUT2D eigenvalue weighted by Crippen LogP contribution is -2.62. The molecule has 0 aliphatic carbocycles. The van der Waals surface area contributed by atoms with Crippen LogP contribution in [0.2, 0.25) is 0 Å². The topological polar surface area (TPSA) is 80.3 Å². The molecule has 0 aliphatic heterocycles. The lowest BCUT2D eigenvalue weighted by molar-refractivity contribution is -0.306. The van der Waals surface area contributed by atoms with E-state index < -0.39 is 75.5 Å². The normalized spacial score (nSPS) is 14.4. The maximum atomic E-state index is 13.5. The van der Waals surface area contributed by atoms with E-state index in [1.165, 1.54) is 0 Å². The summed E-state index contributed by atoms with van der Waals surface area (Å²) in [7, 11) is -14.8. The minimum atomic E-state index is -7.84. The Morgan fingerprint density at radius 2 is 0.857 bits per heavy atom. The summed E-state index contributed by atoms with van der Waals surface area (Å²) in [5.74, 6) is -15.8. The SMILES string of the molecule is O=S(=O)(NS(=O)(=O)C(F)(C(F)(F)F)C(F)(F)F)c1c(F)c(F)c(F)c(F)c1F. The molecular formula is C9HF12NO4S2. The van der Waals surface area contributed by atoms with Crippen LogP contribution in [0.1, 0.15) is 0 Å². The molecule has 5 nitrogen and oxygen atoms in total. The first-order chi connectivity index (χ1) is 12.1. The first-order valence-corrected chi connectivity index (χ1v) is 8.72. The summed E-state index contributed by atoms with van der Waals surface area (Å²) >= 11 is 0. The molecule has 0 heterocycles. The molecule has 0 bridgehead atoms. The molecule has 0 aromatic heterocycles. The van der Waals surface area contributed by atoms with E-state index in [1.54, 1.807) is 0 Å². The standard InChI is InChI=1S/C9HF12NO4S2/c10-1-2(11)4(13)6(5(14)3(1)12)27(23,24)22-28(25,26)7(15,8(16,17)18)9(19,20)21/h22H. The van der Waals surface area contributed by atoms with Crippen molar-refractivity contribution < 1.29 is 69.5 Å². The van der Waals surface area contributed by atoms with Crippen LogP contribution in [0.3, 0.4) is 0 Å². The zero-order valence-corrected chi connectivity index (χ0v) is 13.6. The molecule has 1 aromatic rings. The van der Waals surface area contributed by atoms with Gasteiger partial charge in [-0.15, -0.1) is 4.13 Å². The highest BCUT2D eigenvalue weighted by Crippen LogP contribution is 2.49. The van der Waals surface area contributed by atoms with Crippen molar-refractivity contribution in [2.75, 3.05) is 0 Å². The second-order valence-corrected chi connectivity index (χ2v) is 8.23. The number of hydrogen-bond acceptors (Lipinski definition) is 4. The highest BCUT2D eigenvalue weighted by atomic mass is 32.3. The average Bonchev–Trinajstić information content (AvgIpc) is 2.46. The van der Waals surface area contributed by atoms with Crippen LogP contribution in [0.15, 0.2) is 4.90 Å². The number of hydrogen-bond donors (Lipinski definition) is 1. The molecule has 28 heavy (non-hydrogen) atoms. The fourth-order valence-corrected chi connectivity index (χ4v) is 4.74. The molecule has 0 radical (unpaired) electrons. The van der Waals surface area contributed by atoms with Crippen LogP contribution in [-0.2, 0) is 20.0 Å². The van der Waals surface area contributed by atoms with E-state index in [0.717, 1.165) is 0 Å². The van der Waals surface area contributed by atoms with Gasteiger partial charge in [-0.1, -0.05) is 0 Å². The smallest absolute Gasteiger partial charge is 0.207 e. The number of alkyl halides is 7. The van der Waals surface area contributed by atoms with Crippen molar-refractivity contribution in [3.8, 4) is 0 Å². The Hall–Kier alpha value is -1.76. The largest absolute Gasteiger partial charge is 0.448 e. The molecule has 0 aliphatic rings. The van der Waals surface area contributed by atoms with E-state index in [4.69, 9.17) is 0 Å². The molecule has 1 rings (SSSR count). The molecule has 0 amide bonds. The summed E-state index contributed by atoms with van der Waals surface area (Å²) in [6.07, 6.45) is -14.8. The zero-order valence-electron chi connectivity index (χ0n) is 12.0. The van der Waals surface area contributed by atoms with Crippen molar-refractivity contribution in [1.29, 1.82) is 0 Å². The first kappa shape index (κ1) is 24.3. The summed E-state index contributed by atoms with van der Waals surface area (Å²) in [6, 6.07) is 0. The summed E-state index contributed by atoms with van der Waals surface area (Å²) < 4.78 is 198. The van der Waals surface area contributed by atoms with Crippen LogP contribution >= 0.6 is 0 Å². The van der Waals surface area contributed by atoms with Gasteiger partial charge >= 0.3 is 17.4 Å². The molecular weight excluding hydrogens is 478 g/mol. The Morgan fingerprint density at radius 1 is 0.571 bits per heavy atom. The van der Waals surface area contributed by atoms with E-state index in [-0.39, 0.29) is 0 Å². The molecule has 0 saturated carbocycles. The van der Waals surface area contributed by atoms with Crippen molar-refractivity contribution in [1.82, 2.24) is 4.13 Å². The highest BCUT2D eigenvalue weighted by molar-refractivity contribution is 8.05. The van der Waals surface area contributed by atoms with Crippen LogP contribution < -0.4 is 4.13 Å². The monoisotopic (exact) mass is 479 g/mol. The molecule has 0 atom stereocenters. The summed E-state index contributed by atoms with van der Waals surface area (Å²) in [5.41, 5.74) is 0. The minimum absolute atomic E-state index is 0.648. The van der Waals surface area contributed by atoms with Gasteiger partial charge in [-0.05, 0) is 0 Å². The van der Waals surface area contributed by atoms with Crippen molar-refractivity contribution >= 4 is 20.0 Å². The van der Waals surface area contributed by atoms with E-state index in [1.807, 2.05) is 0 Å². The van der Waals surface area contributed by atoms with Gasteiger partial charge in [0.1, 0.15) is 0 Å². The second-order valence-electron chi connectivity index (χ2n) is 4.58. The maximum absolute atomic E-state index is 13.5. The third-order valence-corrected chi connectivity index (χ3v) is 6.61. The summed E-state index contributed by atoms with van der Waals surface area (Å²) in [5, 5.41) is -7.34. The lowest BCUT2D eigenvalue weighted by atomic mass is 10.3. The van der Waals surface area contributed by atoms with Crippen molar-refractivity contribution in [2.45, 2.75) is 22.2 Å². The Labute approximate surface area is 146 Å². The lowest BCUT2D eigenvalue weighted by Gasteiger charge is -2.29. The Balaban J connectivity index is 3.78. The van der Waals surface area contributed by atoms with Gasteiger partial charge in [-0.3, -0.25) is 0 Å². The Bertz CT molecular complexity index is 968. The van der Waals surface area contributed by atoms with E-state index >= 15 is 0 Å². The number of sulfonamides is 2. The number of rotatable bonds is 4. The molecule has 0 spiro atoms. The summed E-state index contributed by atoms with van der Waals surface area (Å²) in [6.45, 7) is 0. The highest BCUT2D eigenvalue weighted by Gasteiger charge is 2.81. The van der Waals surface area contributed by atoms with Crippen LogP contribution in [0, 0.1) is 29.1 Å². The number of nitrogens with one attached hydrogen (secondary N) is 1. The van der Waals surface area contributed by atoms with Crippen molar-refractivity contribution in [3.05, 3.63) is 29.1 Å².